The van der Waals surface area contributed by atoms with Gasteiger partial charge in [-0.3, -0.25) is 4.79 Å². The van der Waals surface area contributed by atoms with Crippen molar-refractivity contribution >= 4 is 21.8 Å². The first-order valence-corrected chi connectivity index (χ1v) is 8.88. The van der Waals surface area contributed by atoms with Crippen LogP contribution in [0.2, 0.25) is 0 Å². The summed E-state index contributed by atoms with van der Waals surface area (Å²) in [5.74, 6) is 0.0803. The Morgan fingerprint density at radius 1 is 1.21 bits per heavy atom. The minimum absolute atomic E-state index is 0.0799. The lowest BCUT2D eigenvalue weighted by Crippen LogP contribution is -2.43. The van der Waals surface area contributed by atoms with Crippen molar-refractivity contribution in [1.29, 1.82) is 0 Å². The predicted molar refractivity (Wildman–Crippen MR) is 97.4 cm³/mol. The van der Waals surface area contributed by atoms with E-state index in [1.165, 1.54) is 0 Å². The van der Waals surface area contributed by atoms with Gasteiger partial charge in [0.1, 0.15) is 6.10 Å². The summed E-state index contributed by atoms with van der Waals surface area (Å²) in [6, 6.07) is 17.5. The quantitative estimate of drug-likeness (QED) is 0.872. The first-order chi connectivity index (χ1) is 11.6. The van der Waals surface area contributed by atoms with Gasteiger partial charge in [-0.2, -0.15) is 0 Å². The third-order valence-corrected chi connectivity index (χ3v) is 4.81. The lowest BCUT2D eigenvalue weighted by Gasteiger charge is -2.34. The second kappa shape index (κ2) is 7.92. The molecular formula is C19H21BrN2O2. The molecule has 0 bridgehead atoms. The number of amides is 1. The van der Waals surface area contributed by atoms with Crippen LogP contribution in [0.5, 0.6) is 0 Å². The van der Waals surface area contributed by atoms with Gasteiger partial charge in [0.05, 0.1) is 13.2 Å². The zero-order valence-corrected chi connectivity index (χ0v) is 15.0. The Morgan fingerprint density at radius 3 is 2.62 bits per heavy atom. The normalized spacial score (nSPS) is 19.1. The Balaban J connectivity index is 1.61. The number of hydrogen-bond acceptors (Lipinski definition) is 3. The maximum absolute atomic E-state index is 12.6. The van der Waals surface area contributed by atoms with Crippen LogP contribution < -0.4 is 5.73 Å². The van der Waals surface area contributed by atoms with Crippen LogP contribution in [0.4, 0.5) is 0 Å². The highest BCUT2D eigenvalue weighted by molar-refractivity contribution is 9.10. The number of rotatable bonds is 4. The summed E-state index contributed by atoms with van der Waals surface area (Å²) in [5.41, 5.74) is 8.26. The molecule has 2 unspecified atom stereocenters. The summed E-state index contributed by atoms with van der Waals surface area (Å²) < 4.78 is 6.86. The van der Waals surface area contributed by atoms with Gasteiger partial charge in [-0.1, -0.05) is 58.4 Å². The molecule has 2 atom stereocenters. The van der Waals surface area contributed by atoms with Crippen molar-refractivity contribution in [3.05, 3.63) is 70.2 Å². The zero-order valence-electron chi connectivity index (χ0n) is 13.4. The number of carbonyl (C=O) groups excluding carboxylic acids is 1. The highest BCUT2D eigenvalue weighted by Crippen LogP contribution is 2.25. The average molecular weight is 389 g/mol. The molecule has 5 heteroatoms. The first-order valence-electron chi connectivity index (χ1n) is 8.09. The molecule has 1 aliphatic rings. The van der Waals surface area contributed by atoms with Crippen LogP contribution in [0.15, 0.2) is 59.1 Å². The Kier molecular flexibility index (Phi) is 5.66. The van der Waals surface area contributed by atoms with Crippen molar-refractivity contribution in [3.8, 4) is 0 Å². The third kappa shape index (κ3) is 4.23. The number of benzene rings is 2. The van der Waals surface area contributed by atoms with Gasteiger partial charge in [0, 0.05) is 23.5 Å². The van der Waals surface area contributed by atoms with E-state index in [2.05, 4.69) is 15.9 Å². The number of ether oxygens (including phenoxy) is 1. The van der Waals surface area contributed by atoms with Crippen molar-refractivity contribution in [2.45, 2.75) is 18.6 Å². The van der Waals surface area contributed by atoms with Gasteiger partial charge in [-0.25, -0.2) is 0 Å². The highest BCUT2D eigenvalue weighted by atomic mass is 79.9. The second-order valence-electron chi connectivity index (χ2n) is 5.97. The molecule has 1 fully saturated rings. The largest absolute Gasteiger partial charge is 0.370 e. The second-order valence-corrected chi connectivity index (χ2v) is 6.89. The summed E-state index contributed by atoms with van der Waals surface area (Å²) in [5, 5.41) is 0. The van der Waals surface area contributed by atoms with Crippen LogP contribution in [0.1, 0.15) is 29.7 Å². The van der Waals surface area contributed by atoms with Crippen molar-refractivity contribution in [2.75, 3.05) is 19.7 Å². The van der Waals surface area contributed by atoms with Crippen LogP contribution in [0, 0.1) is 0 Å². The molecular weight excluding hydrogens is 368 g/mol. The lowest BCUT2D eigenvalue weighted by atomic mass is 10.0. The Hall–Kier alpha value is -1.69. The molecule has 3 rings (SSSR count). The maximum Gasteiger partial charge on any atom is 0.224 e. The molecule has 0 aliphatic carbocycles. The van der Waals surface area contributed by atoms with Crippen LogP contribution in [0.25, 0.3) is 0 Å². The van der Waals surface area contributed by atoms with Gasteiger partial charge in [-0.05, 0) is 23.3 Å². The minimum Gasteiger partial charge on any atom is -0.370 e. The molecule has 126 valence electrons. The number of halogens is 1. The summed E-state index contributed by atoms with van der Waals surface area (Å²) in [7, 11) is 0. The number of nitrogens with zero attached hydrogens (tertiary/aromatic N) is 1. The molecule has 1 heterocycles. The Morgan fingerprint density at radius 2 is 1.92 bits per heavy atom. The van der Waals surface area contributed by atoms with E-state index in [0.29, 0.717) is 26.1 Å². The number of carbonyl (C=O) groups is 1. The van der Waals surface area contributed by atoms with Gasteiger partial charge in [0.2, 0.25) is 5.91 Å². The number of nitrogens with two attached hydrogens (primary N) is 1. The number of hydrogen-bond donors (Lipinski definition) is 1. The van der Waals surface area contributed by atoms with E-state index in [4.69, 9.17) is 10.5 Å². The molecule has 2 N–H and O–H groups in total. The van der Waals surface area contributed by atoms with Crippen LogP contribution in [0.3, 0.4) is 0 Å². The summed E-state index contributed by atoms with van der Waals surface area (Å²) >= 11 is 3.43. The van der Waals surface area contributed by atoms with E-state index in [1.54, 1.807) is 0 Å². The fraction of sp³-hybridized carbons (Fsp3) is 0.316. The van der Waals surface area contributed by atoms with E-state index in [9.17, 15) is 4.79 Å². The summed E-state index contributed by atoms with van der Waals surface area (Å²) in [6.45, 7) is 1.74. The molecule has 1 aliphatic heterocycles. The monoisotopic (exact) mass is 388 g/mol. The highest BCUT2D eigenvalue weighted by Gasteiger charge is 2.26. The standard InChI is InChI=1S/C19H21BrN2O2/c20-16-8-6-15(7-9-16)18-13-22(10-11-24-18)19(23)12-17(21)14-4-2-1-3-5-14/h1-9,17-18H,10-13,21H2. The number of morpholine rings is 1. The van der Waals surface area contributed by atoms with Crippen LogP contribution in [-0.2, 0) is 9.53 Å². The molecule has 0 saturated carbocycles. The topological polar surface area (TPSA) is 55.6 Å². The molecule has 0 radical (unpaired) electrons. The van der Waals surface area contributed by atoms with E-state index in [0.717, 1.165) is 15.6 Å². The fourth-order valence-corrected chi connectivity index (χ4v) is 3.15. The first kappa shape index (κ1) is 17.1. The van der Waals surface area contributed by atoms with Gasteiger partial charge in [0.15, 0.2) is 0 Å². The summed E-state index contributed by atoms with van der Waals surface area (Å²) in [6.07, 6.45) is 0.237. The van der Waals surface area contributed by atoms with Crippen molar-refractivity contribution in [1.82, 2.24) is 4.90 Å². The van der Waals surface area contributed by atoms with E-state index >= 15 is 0 Å². The van der Waals surface area contributed by atoms with Crippen molar-refractivity contribution < 1.29 is 9.53 Å². The smallest absolute Gasteiger partial charge is 0.224 e. The molecule has 0 spiro atoms. The maximum atomic E-state index is 12.6. The molecule has 1 amide bonds. The lowest BCUT2D eigenvalue weighted by molar-refractivity contribution is -0.139. The molecule has 24 heavy (non-hydrogen) atoms. The van der Waals surface area contributed by atoms with Crippen molar-refractivity contribution in [2.24, 2.45) is 5.73 Å². The van der Waals surface area contributed by atoms with E-state index in [-0.39, 0.29) is 18.1 Å². The van der Waals surface area contributed by atoms with Gasteiger partial charge in [0.25, 0.3) is 0 Å². The molecule has 0 aromatic heterocycles. The summed E-state index contributed by atoms with van der Waals surface area (Å²) in [4.78, 5) is 14.5. The van der Waals surface area contributed by atoms with Crippen LogP contribution in [-0.4, -0.2) is 30.5 Å². The molecule has 4 nitrogen and oxygen atoms in total. The minimum atomic E-state index is -0.271. The predicted octanol–water partition coefficient (Wildman–Crippen LogP) is 3.44. The zero-order chi connectivity index (χ0) is 16.9. The van der Waals surface area contributed by atoms with E-state index in [1.807, 2.05) is 59.5 Å². The van der Waals surface area contributed by atoms with Gasteiger partial charge in [-0.15, -0.1) is 0 Å². The molecule has 2 aromatic carbocycles. The third-order valence-electron chi connectivity index (χ3n) is 4.28. The average Bonchev–Trinajstić information content (AvgIpc) is 2.63. The Labute approximate surface area is 150 Å². The molecule has 2 aromatic rings. The SMILES string of the molecule is NC(CC(=O)N1CCOC(c2ccc(Br)cc2)C1)c1ccccc1. The van der Waals surface area contributed by atoms with Gasteiger partial charge >= 0.3 is 0 Å². The fourth-order valence-electron chi connectivity index (χ4n) is 2.89. The van der Waals surface area contributed by atoms with E-state index < -0.39 is 0 Å². The van der Waals surface area contributed by atoms with Crippen molar-refractivity contribution in [3.63, 3.8) is 0 Å². The Bertz CT molecular complexity index is 676. The van der Waals surface area contributed by atoms with Gasteiger partial charge < -0.3 is 15.4 Å². The molecule has 1 saturated heterocycles. The van der Waals surface area contributed by atoms with Crippen LogP contribution >= 0.6 is 15.9 Å².